The van der Waals surface area contributed by atoms with Crippen molar-refractivity contribution in [2.24, 2.45) is 17.8 Å². The van der Waals surface area contributed by atoms with E-state index in [4.69, 9.17) is 27.9 Å². The van der Waals surface area contributed by atoms with Crippen LogP contribution in [-0.2, 0) is 19.2 Å². The molecule has 8 nitrogen and oxygen atoms in total. The Bertz CT molecular complexity index is 1170. The molecule has 174 valence electrons. The fourth-order valence-corrected chi connectivity index (χ4v) is 7.18. The molecule has 4 amide bonds. The molecule has 1 aromatic carbocycles. The molecule has 2 aliphatic heterocycles. The molecule has 1 saturated carbocycles. The summed E-state index contributed by atoms with van der Waals surface area (Å²) in [6.45, 7) is 0. The molecule has 33 heavy (non-hydrogen) atoms. The minimum Gasteiger partial charge on any atom is -0.504 e. The van der Waals surface area contributed by atoms with Gasteiger partial charge in [-0.3, -0.25) is 29.0 Å². The summed E-state index contributed by atoms with van der Waals surface area (Å²) in [6, 6.07) is 4.63. The lowest BCUT2D eigenvalue weighted by Gasteiger charge is -2.50. The van der Waals surface area contributed by atoms with Crippen molar-refractivity contribution in [2.75, 3.05) is 21.2 Å². The minimum absolute atomic E-state index is 0.0501. The topological polar surface area (TPSA) is 104 Å². The lowest BCUT2D eigenvalue weighted by atomic mass is 9.56. The molecular weight excluding hydrogens is 471 g/mol. The van der Waals surface area contributed by atoms with E-state index in [2.05, 4.69) is 0 Å². The van der Waals surface area contributed by atoms with Crippen LogP contribution in [0, 0.1) is 17.8 Å². The Labute approximate surface area is 200 Å². The number of amides is 4. The van der Waals surface area contributed by atoms with Crippen LogP contribution in [0.15, 0.2) is 29.8 Å². The number of fused-ring (bicyclic) bond motifs is 4. The van der Waals surface area contributed by atoms with Crippen LogP contribution in [0.2, 0.25) is 0 Å². The Hall–Kier alpha value is -2.58. The number of nitrogens with zero attached hydrogens (tertiary/aromatic N) is 2. The zero-order valence-electron chi connectivity index (χ0n) is 18.2. The quantitative estimate of drug-likeness (QED) is 0.384. The molecule has 3 fully saturated rings. The Morgan fingerprint density at radius 3 is 2.36 bits per heavy atom. The lowest BCUT2D eigenvalue weighted by Crippen LogP contribution is -2.60. The maximum Gasteiger partial charge on any atom is 0.253 e. The van der Waals surface area contributed by atoms with Crippen LogP contribution in [0.25, 0.3) is 0 Å². The van der Waals surface area contributed by atoms with Crippen molar-refractivity contribution < 1.29 is 29.0 Å². The van der Waals surface area contributed by atoms with E-state index in [1.54, 1.807) is 12.1 Å². The summed E-state index contributed by atoms with van der Waals surface area (Å²) in [5.41, 5.74) is 1.14. The number of rotatable bonds is 2. The maximum atomic E-state index is 13.4. The molecule has 2 heterocycles. The van der Waals surface area contributed by atoms with Crippen molar-refractivity contribution in [3.8, 4) is 11.5 Å². The van der Waals surface area contributed by atoms with E-state index in [1.807, 2.05) is 6.08 Å². The van der Waals surface area contributed by atoms with Gasteiger partial charge in [0.25, 0.3) is 11.8 Å². The smallest absolute Gasteiger partial charge is 0.253 e. The van der Waals surface area contributed by atoms with Gasteiger partial charge >= 0.3 is 0 Å². The second-order valence-electron chi connectivity index (χ2n) is 9.16. The number of hydrogen-bond donors (Lipinski definition) is 1. The maximum absolute atomic E-state index is 13.4. The van der Waals surface area contributed by atoms with E-state index in [9.17, 15) is 24.3 Å². The first kappa shape index (κ1) is 22.2. The Morgan fingerprint density at radius 2 is 1.73 bits per heavy atom. The molecular formula is C23H22Cl2N2O6. The number of alkyl halides is 2. The van der Waals surface area contributed by atoms with Crippen LogP contribution in [0.5, 0.6) is 11.5 Å². The SMILES string of the molecule is COc1ccc([C@H]2C3=CC[C@@H]4C(=O)N(C)C(=O)[C@@H]4[C@@H]3C[C@@]3(Cl)C(=O)N(C)C(=O)[C@@]23Cl)cc1O. The number of phenolic OH excluding ortho intramolecular Hbond substituents is 1. The predicted molar refractivity (Wildman–Crippen MR) is 118 cm³/mol. The summed E-state index contributed by atoms with van der Waals surface area (Å²) in [7, 11) is 4.19. The van der Waals surface area contributed by atoms with Gasteiger partial charge in [-0.05, 0) is 36.5 Å². The van der Waals surface area contributed by atoms with Crippen LogP contribution in [-0.4, -0.2) is 69.5 Å². The average molecular weight is 493 g/mol. The van der Waals surface area contributed by atoms with Crippen LogP contribution >= 0.6 is 23.2 Å². The van der Waals surface area contributed by atoms with E-state index in [0.717, 1.165) is 9.80 Å². The van der Waals surface area contributed by atoms with Gasteiger partial charge in [-0.2, -0.15) is 0 Å². The average Bonchev–Trinajstić information content (AvgIpc) is 3.08. The number of allylic oxidation sites excluding steroid dienone is 2. The van der Waals surface area contributed by atoms with Crippen molar-refractivity contribution in [3.05, 3.63) is 35.4 Å². The van der Waals surface area contributed by atoms with E-state index >= 15 is 0 Å². The van der Waals surface area contributed by atoms with Gasteiger partial charge in [0.05, 0.1) is 18.9 Å². The molecule has 0 radical (unpaired) electrons. The van der Waals surface area contributed by atoms with E-state index in [0.29, 0.717) is 17.6 Å². The van der Waals surface area contributed by atoms with Crippen molar-refractivity contribution >= 4 is 46.8 Å². The predicted octanol–water partition coefficient (Wildman–Crippen LogP) is 2.02. The lowest BCUT2D eigenvalue weighted by molar-refractivity contribution is -0.140. The molecule has 2 aliphatic carbocycles. The molecule has 4 aliphatic rings. The number of aromatic hydroxyl groups is 1. The Morgan fingerprint density at radius 1 is 1.03 bits per heavy atom. The highest BCUT2D eigenvalue weighted by Crippen LogP contribution is 2.65. The third-order valence-electron chi connectivity index (χ3n) is 7.77. The normalized spacial score (nSPS) is 37.7. The number of carbonyl (C=O) groups is 4. The fraction of sp³-hybridized carbons (Fsp3) is 0.478. The number of imide groups is 2. The molecule has 1 N–H and O–H groups in total. The number of halogens is 2. The first-order valence-electron chi connectivity index (χ1n) is 10.6. The third kappa shape index (κ3) is 2.53. The summed E-state index contributed by atoms with van der Waals surface area (Å²) >= 11 is 14.0. The molecule has 0 spiro atoms. The number of carbonyl (C=O) groups excluding carboxylic acids is 4. The summed E-state index contributed by atoms with van der Waals surface area (Å²) in [5.74, 6) is -4.51. The summed E-state index contributed by atoms with van der Waals surface area (Å²) in [6.07, 6.45) is 2.11. The highest BCUT2D eigenvalue weighted by Gasteiger charge is 2.75. The summed E-state index contributed by atoms with van der Waals surface area (Å²) < 4.78 is 5.13. The van der Waals surface area contributed by atoms with Crippen molar-refractivity contribution in [1.29, 1.82) is 0 Å². The number of likely N-dealkylation sites (tertiary alicyclic amines) is 2. The largest absolute Gasteiger partial charge is 0.504 e. The molecule has 6 atom stereocenters. The Kier molecular flexibility index (Phi) is 4.69. The molecule has 2 saturated heterocycles. The first-order valence-corrected chi connectivity index (χ1v) is 11.3. The third-order valence-corrected chi connectivity index (χ3v) is 9.18. The minimum atomic E-state index is -1.87. The van der Waals surface area contributed by atoms with Crippen LogP contribution < -0.4 is 4.74 Å². The summed E-state index contributed by atoms with van der Waals surface area (Å²) in [5, 5.41) is 10.5. The van der Waals surface area contributed by atoms with Crippen molar-refractivity contribution in [3.63, 3.8) is 0 Å². The number of hydrogen-bond acceptors (Lipinski definition) is 6. The molecule has 0 aromatic heterocycles. The van der Waals surface area contributed by atoms with Crippen molar-refractivity contribution in [1.82, 2.24) is 9.80 Å². The molecule has 0 bridgehead atoms. The number of ether oxygens (including phenoxy) is 1. The van der Waals surface area contributed by atoms with E-state index in [1.165, 1.54) is 27.3 Å². The highest BCUT2D eigenvalue weighted by molar-refractivity contribution is 6.53. The zero-order valence-corrected chi connectivity index (χ0v) is 19.7. The van der Waals surface area contributed by atoms with Crippen LogP contribution in [0.1, 0.15) is 24.3 Å². The van der Waals surface area contributed by atoms with E-state index < -0.39 is 45.2 Å². The van der Waals surface area contributed by atoms with Gasteiger partial charge < -0.3 is 9.84 Å². The number of benzene rings is 1. The van der Waals surface area contributed by atoms with Gasteiger partial charge in [-0.25, -0.2) is 0 Å². The second kappa shape index (κ2) is 6.96. The monoisotopic (exact) mass is 492 g/mol. The highest BCUT2D eigenvalue weighted by atomic mass is 35.5. The molecule has 1 aromatic rings. The second-order valence-corrected chi connectivity index (χ2v) is 10.4. The molecule has 10 heteroatoms. The standard InChI is InChI=1S/C23H22Cl2N2O6/c1-26-18(29)12-6-5-11-13(16(12)19(26)30)9-22(24)20(31)27(2)21(32)23(22,25)17(11)10-4-7-15(33-3)14(28)8-10/h4-5,7-8,12-13,16-17,28H,6,9H2,1-3H3/t12-,13+,16-,17-,22+,23-/m0/s1. The van der Waals surface area contributed by atoms with Crippen LogP contribution in [0.3, 0.4) is 0 Å². The van der Waals surface area contributed by atoms with Gasteiger partial charge in [0.2, 0.25) is 11.8 Å². The number of methoxy groups -OCH3 is 1. The zero-order chi connectivity index (χ0) is 24.0. The van der Waals surface area contributed by atoms with Crippen LogP contribution in [0.4, 0.5) is 0 Å². The summed E-state index contributed by atoms with van der Waals surface area (Å²) in [4.78, 5) is 50.7. The van der Waals surface area contributed by atoms with Crippen molar-refractivity contribution in [2.45, 2.75) is 28.5 Å². The van der Waals surface area contributed by atoms with Gasteiger partial charge in [-0.1, -0.05) is 17.7 Å². The van der Waals surface area contributed by atoms with Gasteiger partial charge in [0.15, 0.2) is 21.2 Å². The van der Waals surface area contributed by atoms with Gasteiger partial charge in [0, 0.05) is 20.0 Å². The molecule has 5 rings (SSSR count). The first-order chi connectivity index (χ1) is 15.5. The van der Waals surface area contributed by atoms with Gasteiger partial charge in [-0.15, -0.1) is 23.2 Å². The number of phenols is 1. The molecule has 0 unspecified atom stereocenters. The Balaban J connectivity index is 1.75. The van der Waals surface area contributed by atoms with E-state index in [-0.39, 0.29) is 29.7 Å². The van der Waals surface area contributed by atoms with Gasteiger partial charge in [0.1, 0.15) is 0 Å². The fourth-order valence-electron chi connectivity index (χ4n) is 6.16.